The van der Waals surface area contributed by atoms with Crippen molar-refractivity contribution in [3.63, 3.8) is 0 Å². The molecule has 1 fully saturated rings. The van der Waals surface area contributed by atoms with Crippen LogP contribution in [0.25, 0.3) is 0 Å². The van der Waals surface area contributed by atoms with E-state index < -0.39 is 24.4 Å². The molecule has 1 aromatic rings. The van der Waals surface area contributed by atoms with Gasteiger partial charge in [-0.2, -0.15) is 0 Å². The Labute approximate surface area is 201 Å². The summed E-state index contributed by atoms with van der Waals surface area (Å²) in [7, 11) is 1.63. The molecular weight excluding hydrogens is 472 g/mol. The third-order valence-corrected chi connectivity index (χ3v) is 8.43. The molecular formula is C26H39BrO5. The summed E-state index contributed by atoms with van der Waals surface area (Å²) < 4.78 is 17.6. The minimum atomic E-state index is -1.07. The van der Waals surface area contributed by atoms with Crippen molar-refractivity contribution in [3.8, 4) is 5.75 Å². The Morgan fingerprint density at radius 1 is 1.28 bits per heavy atom. The van der Waals surface area contributed by atoms with E-state index >= 15 is 0 Å². The summed E-state index contributed by atoms with van der Waals surface area (Å²) in [5, 5.41) is 20.3. The summed E-state index contributed by atoms with van der Waals surface area (Å²) in [5.41, 5.74) is 1.09. The molecule has 32 heavy (non-hydrogen) atoms. The molecule has 0 saturated heterocycles. The van der Waals surface area contributed by atoms with Crippen LogP contribution in [0.4, 0.5) is 0 Å². The summed E-state index contributed by atoms with van der Waals surface area (Å²) in [5.74, 6) is 0.980. The van der Waals surface area contributed by atoms with Crippen LogP contribution >= 0.6 is 15.9 Å². The van der Waals surface area contributed by atoms with Gasteiger partial charge in [0, 0.05) is 4.83 Å². The fourth-order valence-corrected chi connectivity index (χ4v) is 5.30. The van der Waals surface area contributed by atoms with E-state index in [9.17, 15) is 10.2 Å². The third kappa shape index (κ3) is 6.45. The third-order valence-electron chi connectivity index (χ3n) is 6.79. The van der Waals surface area contributed by atoms with Gasteiger partial charge in [0.2, 0.25) is 0 Å². The highest BCUT2D eigenvalue weighted by Crippen LogP contribution is 2.53. The second kappa shape index (κ2) is 11.8. The van der Waals surface area contributed by atoms with Crippen molar-refractivity contribution in [3.05, 3.63) is 54.6 Å². The summed E-state index contributed by atoms with van der Waals surface area (Å²) >= 11 is 3.85. The number of allylic oxidation sites excluding steroid dienone is 1. The first-order valence-corrected chi connectivity index (χ1v) is 12.1. The number of benzene rings is 1. The lowest BCUT2D eigenvalue weighted by Gasteiger charge is -2.54. The molecule has 2 rings (SSSR count). The number of alkyl halides is 1. The van der Waals surface area contributed by atoms with Crippen LogP contribution in [0.1, 0.15) is 45.6 Å². The van der Waals surface area contributed by atoms with Crippen molar-refractivity contribution >= 4 is 15.9 Å². The van der Waals surface area contributed by atoms with Gasteiger partial charge in [-0.25, -0.2) is 0 Å². The molecule has 2 N–H and O–H groups in total. The minimum Gasteiger partial charge on any atom is -0.497 e. The molecule has 5 atom stereocenters. The Morgan fingerprint density at radius 2 is 1.94 bits per heavy atom. The second-order valence-corrected chi connectivity index (χ2v) is 10.6. The zero-order valence-corrected chi connectivity index (χ0v) is 21.4. The maximum atomic E-state index is 10.6. The van der Waals surface area contributed by atoms with Crippen LogP contribution < -0.4 is 4.74 Å². The van der Waals surface area contributed by atoms with Gasteiger partial charge >= 0.3 is 0 Å². The average molecular weight is 511 g/mol. The summed E-state index contributed by atoms with van der Waals surface area (Å²) in [4.78, 5) is 0.369. The fraction of sp³-hybridized carbons (Fsp3) is 0.615. The standard InChI is InChI=1S/C26H39BrO5/c1-7-8-22-25(3,4)23(27)13-14-26(22,5)32-24(21(29)15-28)18(2)16-31-17-19-9-11-20(30-6)12-10-19/h7,9-12,21-24,28-29H,1-2,8,13-17H2,3-6H3/t21?,22-,23-,24+,26-/m0/s1. The Hall–Kier alpha value is -1.18. The number of rotatable bonds is 12. The molecule has 0 bridgehead atoms. The van der Waals surface area contributed by atoms with Gasteiger partial charge in [0.05, 0.1) is 32.5 Å². The summed E-state index contributed by atoms with van der Waals surface area (Å²) in [6.45, 7) is 14.9. The highest BCUT2D eigenvalue weighted by atomic mass is 79.9. The molecule has 1 saturated carbocycles. The summed E-state index contributed by atoms with van der Waals surface area (Å²) in [6.07, 6.45) is 2.73. The zero-order chi connectivity index (χ0) is 23.9. The van der Waals surface area contributed by atoms with Crippen LogP contribution in [-0.2, 0) is 16.1 Å². The van der Waals surface area contributed by atoms with Crippen molar-refractivity contribution in [2.24, 2.45) is 11.3 Å². The van der Waals surface area contributed by atoms with E-state index in [0.717, 1.165) is 30.6 Å². The van der Waals surface area contributed by atoms with E-state index in [1.54, 1.807) is 7.11 Å². The van der Waals surface area contributed by atoms with E-state index in [0.29, 0.717) is 17.0 Å². The Balaban J connectivity index is 2.10. The molecule has 0 aliphatic heterocycles. The number of aliphatic hydroxyl groups excluding tert-OH is 2. The first-order valence-electron chi connectivity index (χ1n) is 11.2. The first-order chi connectivity index (χ1) is 15.1. The van der Waals surface area contributed by atoms with Crippen LogP contribution in [0.3, 0.4) is 0 Å². The molecule has 5 nitrogen and oxygen atoms in total. The highest BCUT2D eigenvalue weighted by Gasteiger charge is 2.52. The number of halogens is 1. The predicted molar refractivity (Wildman–Crippen MR) is 132 cm³/mol. The lowest BCUT2D eigenvalue weighted by molar-refractivity contribution is -0.181. The van der Waals surface area contributed by atoms with E-state index in [1.165, 1.54) is 0 Å². The van der Waals surface area contributed by atoms with Gasteiger partial charge in [0.15, 0.2) is 0 Å². The van der Waals surface area contributed by atoms with Crippen LogP contribution in [0.5, 0.6) is 5.75 Å². The van der Waals surface area contributed by atoms with E-state index in [1.807, 2.05) is 30.3 Å². The van der Waals surface area contributed by atoms with Crippen LogP contribution in [0, 0.1) is 11.3 Å². The topological polar surface area (TPSA) is 68.2 Å². The smallest absolute Gasteiger partial charge is 0.118 e. The molecule has 0 radical (unpaired) electrons. The van der Waals surface area contributed by atoms with Crippen molar-refractivity contribution in [1.82, 2.24) is 0 Å². The Kier molecular flexibility index (Phi) is 9.98. The van der Waals surface area contributed by atoms with Crippen LogP contribution in [0.15, 0.2) is 49.1 Å². The molecule has 0 heterocycles. The van der Waals surface area contributed by atoms with E-state index in [-0.39, 0.29) is 17.9 Å². The molecule has 1 aliphatic rings. The maximum absolute atomic E-state index is 10.6. The molecule has 1 aromatic carbocycles. The monoisotopic (exact) mass is 510 g/mol. The zero-order valence-electron chi connectivity index (χ0n) is 19.9. The summed E-state index contributed by atoms with van der Waals surface area (Å²) in [6, 6.07) is 7.66. The van der Waals surface area contributed by atoms with Gasteiger partial charge in [-0.1, -0.05) is 54.6 Å². The number of hydrogen-bond donors (Lipinski definition) is 2. The predicted octanol–water partition coefficient (Wildman–Crippen LogP) is 5.04. The largest absolute Gasteiger partial charge is 0.497 e. The lowest BCUT2D eigenvalue weighted by atomic mass is 9.60. The quantitative estimate of drug-likeness (QED) is 0.304. The van der Waals surface area contributed by atoms with Gasteiger partial charge in [-0.3, -0.25) is 0 Å². The molecule has 1 aliphatic carbocycles. The normalized spacial score (nSPS) is 26.8. The Morgan fingerprint density at radius 3 is 2.50 bits per heavy atom. The van der Waals surface area contributed by atoms with Gasteiger partial charge in [0.1, 0.15) is 18.0 Å². The van der Waals surface area contributed by atoms with E-state index in [2.05, 4.69) is 49.9 Å². The molecule has 0 spiro atoms. The second-order valence-electron chi connectivity index (χ2n) is 9.50. The fourth-order valence-electron chi connectivity index (χ4n) is 4.75. The van der Waals surface area contributed by atoms with Crippen molar-refractivity contribution in [1.29, 1.82) is 0 Å². The van der Waals surface area contributed by atoms with Crippen molar-refractivity contribution in [2.45, 2.75) is 69.3 Å². The maximum Gasteiger partial charge on any atom is 0.118 e. The van der Waals surface area contributed by atoms with E-state index in [4.69, 9.17) is 14.2 Å². The number of ether oxygens (including phenoxy) is 3. The van der Waals surface area contributed by atoms with Crippen LogP contribution in [0.2, 0.25) is 0 Å². The molecule has 180 valence electrons. The molecule has 0 amide bonds. The molecule has 6 heteroatoms. The SMILES string of the molecule is C=CC[C@H]1C(C)(C)[C@@H](Br)CC[C@]1(C)O[C@H](C(=C)COCc1ccc(OC)cc1)C(O)CO. The average Bonchev–Trinajstić information content (AvgIpc) is 2.78. The van der Waals surface area contributed by atoms with Gasteiger partial charge in [-0.15, -0.1) is 6.58 Å². The van der Waals surface area contributed by atoms with Crippen molar-refractivity contribution in [2.75, 3.05) is 20.3 Å². The lowest BCUT2D eigenvalue weighted by Crippen LogP contribution is -2.56. The number of aliphatic hydroxyl groups is 2. The Bertz CT molecular complexity index is 747. The number of methoxy groups -OCH3 is 1. The van der Waals surface area contributed by atoms with Gasteiger partial charge < -0.3 is 24.4 Å². The molecule has 0 aromatic heterocycles. The number of hydrogen-bond acceptors (Lipinski definition) is 5. The molecule has 1 unspecified atom stereocenters. The van der Waals surface area contributed by atoms with Gasteiger partial charge in [-0.05, 0) is 60.8 Å². The minimum absolute atomic E-state index is 0.0257. The first kappa shape index (κ1) is 27.1. The van der Waals surface area contributed by atoms with Gasteiger partial charge in [0.25, 0.3) is 0 Å². The van der Waals surface area contributed by atoms with Crippen molar-refractivity contribution < 1.29 is 24.4 Å². The van der Waals surface area contributed by atoms with Crippen LogP contribution in [-0.4, -0.2) is 53.2 Å². The highest BCUT2D eigenvalue weighted by molar-refractivity contribution is 9.09.